The van der Waals surface area contributed by atoms with Crippen molar-refractivity contribution in [1.29, 1.82) is 0 Å². The fourth-order valence-corrected chi connectivity index (χ4v) is 1.55. The van der Waals surface area contributed by atoms with Crippen LogP contribution in [-0.4, -0.2) is 44.8 Å². The second-order valence-corrected chi connectivity index (χ2v) is 4.58. The molecule has 0 amide bonds. The van der Waals surface area contributed by atoms with E-state index in [-0.39, 0.29) is 17.5 Å². The fraction of sp³-hybridized carbons (Fsp3) is 1.00. The average molecular weight is 232 g/mol. The fourth-order valence-electron chi connectivity index (χ4n) is 1.55. The molecular weight excluding hydrogens is 204 g/mol. The van der Waals surface area contributed by atoms with E-state index >= 15 is 0 Å². The maximum absolute atomic E-state index is 6.09. The molecule has 0 aromatic rings. The molecule has 0 bridgehead atoms. The van der Waals surface area contributed by atoms with Gasteiger partial charge in [0, 0.05) is 43.7 Å². The van der Waals surface area contributed by atoms with Crippen LogP contribution in [0.2, 0.25) is 0 Å². The minimum Gasteiger partial charge on any atom is -0.330 e. The molecule has 0 aromatic heterocycles. The summed E-state index contributed by atoms with van der Waals surface area (Å²) in [5.74, 6) is 0. The van der Waals surface area contributed by atoms with Gasteiger partial charge in [0.15, 0.2) is 0 Å². The van der Waals surface area contributed by atoms with E-state index in [2.05, 4.69) is 5.32 Å². The molecule has 16 heavy (non-hydrogen) atoms. The highest BCUT2D eigenvalue weighted by atomic mass is 14.9. The minimum atomic E-state index is -0.284. The number of hydrogen-bond donors (Lipinski definition) is 6. The van der Waals surface area contributed by atoms with Gasteiger partial charge in [-0.2, -0.15) is 0 Å². The van der Waals surface area contributed by atoms with Crippen molar-refractivity contribution in [3.8, 4) is 0 Å². The Hall–Kier alpha value is -0.240. The van der Waals surface area contributed by atoms with Crippen LogP contribution in [0.1, 0.15) is 13.3 Å². The van der Waals surface area contributed by atoms with Gasteiger partial charge in [0.05, 0.1) is 0 Å². The van der Waals surface area contributed by atoms with Crippen molar-refractivity contribution in [3.63, 3.8) is 0 Å². The zero-order chi connectivity index (χ0) is 12.6. The molecule has 0 saturated heterocycles. The molecule has 2 unspecified atom stereocenters. The molecule has 0 aliphatic carbocycles. The van der Waals surface area contributed by atoms with Gasteiger partial charge in [-0.1, -0.05) is 6.92 Å². The lowest BCUT2D eigenvalue weighted by Crippen LogP contribution is -2.58. The molecule has 0 heterocycles. The summed E-state index contributed by atoms with van der Waals surface area (Å²) in [6.07, 6.45) is 0.802. The third kappa shape index (κ3) is 4.73. The first-order chi connectivity index (χ1) is 7.51. The van der Waals surface area contributed by atoms with Gasteiger partial charge in [-0.3, -0.25) is 0 Å². The van der Waals surface area contributed by atoms with Gasteiger partial charge in [-0.15, -0.1) is 0 Å². The second kappa shape index (κ2) is 7.94. The predicted octanol–water partition coefficient (Wildman–Crippen LogP) is -2.50. The molecule has 6 heteroatoms. The van der Waals surface area contributed by atoms with E-state index in [1.54, 1.807) is 0 Å². The molecule has 0 radical (unpaired) electrons. The monoisotopic (exact) mass is 232 g/mol. The molecule has 0 aromatic carbocycles. The van der Waals surface area contributed by atoms with Crippen molar-refractivity contribution >= 4 is 0 Å². The number of rotatable bonds is 9. The summed E-state index contributed by atoms with van der Waals surface area (Å²) >= 11 is 0. The lowest BCUT2D eigenvalue weighted by Gasteiger charge is -2.36. The van der Waals surface area contributed by atoms with Gasteiger partial charge in [-0.25, -0.2) is 0 Å². The topological polar surface area (TPSA) is 142 Å². The summed E-state index contributed by atoms with van der Waals surface area (Å²) in [6, 6.07) is -0.274. The van der Waals surface area contributed by atoms with Crippen LogP contribution in [0.4, 0.5) is 0 Å². The third-order valence-electron chi connectivity index (χ3n) is 3.17. The predicted molar refractivity (Wildman–Crippen MR) is 68.7 cm³/mol. The Morgan fingerprint density at radius 3 is 2.06 bits per heavy atom. The highest BCUT2D eigenvalue weighted by Gasteiger charge is 2.32. The van der Waals surface area contributed by atoms with Crippen LogP contribution in [0.25, 0.3) is 0 Å². The highest BCUT2D eigenvalue weighted by Crippen LogP contribution is 2.19. The van der Waals surface area contributed by atoms with Crippen molar-refractivity contribution in [2.75, 3.05) is 32.7 Å². The summed E-state index contributed by atoms with van der Waals surface area (Å²) in [7, 11) is 0. The first-order valence-corrected chi connectivity index (χ1v) is 5.84. The Morgan fingerprint density at radius 1 is 1.06 bits per heavy atom. The molecule has 0 aliphatic heterocycles. The summed E-state index contributed by atoms with van der Waals surface area (Å²) < 4.78 is 0. The van der Waals surface area contributed by atoms with Crippen LogP contribution in [-0.2, 0) is 0 Å². The second-order valence-electron chi connectivity index (χ2n) is 4.58. The third-order valence-corrected chi connectivity index (χ3v) is 3.17. The summed E-state index contributed by atoms with van der Waals surface area (Å²) in [5.41, 5.74) is 28.6. The van der Waals surface area contributed by atoms with Crippen LogP contribution < -0.4 is 34.0 Å². The standard InChI is InChI=1S/C10H28N6/c1-10(6-12,7-13)9(15)8(14)2-4-16-5-3-11/h8-9,16H,2-7,11-15H2,1H3. The van der Waals surface area contributed by atoms with Gasteiger partial charge in [-0.05, 0) is 13.0 Å². The molecule has 11 N–H and O–H groups in total. The van der Waals surface area contributed by atoms with Gasteiger partial charge in [0.25, 0.3) is 0 Å². The maximum Gasteiger partial charge on any atom is 0.0271 e. The van der Waals surface area contributed by atoms with Crippen molar-refractivity contribution in [1.82, 2.24) is 5.32 Å². The Morgan fingerprint density at radius 2 is 1.62 bits per heavy atom. The number of hydrogen-bond acceptors (Lipinski definition) is 6. The van der Waals surface area contributed by atoms with E-state index in [0.29, 0.717) is 19.6 Å². The van der Waals surface area contributed by atoms with Crippen molar-refractivity contribution in [2.24, 2.45) is 34.1 Å². The quantitative estimate of drug-likeness (QED) is 0.243. The summed E-state index contributed by atoms with van der Waals surface area (Å²) in [5, 5.41) is 3.19. The zero-order valence-electron chi connectivity index (χ0n) is 10.3. The van der Waals surface area contributed by atoms with Crippen LogP contribution >= 0.6 is 0 Å². The average Bonchev–Trinajstić information content (AvgIpc) is 2.32. The van der Waals surface area contributed by atoms with Crippen LogP contribution in [0.5, 0.6) is 0 Å². The lowest BCUT2D eigenvalue weighted by molar-refractivity contribution is 0.236. The van der Waals surface area contributed by atoms with Gasteiger partial charge in [0.1, 0.15) is 0 Å². The number of nitrogens with one attached hydrogen (secondary N) is 1. The maximum atomic E-state index is 6.09. The molecule has 6 nitrogen and oxygen atoms in total. The molecule has 2 atom stereocenters. The largest absolute Gasteiger partial charge is 0.330 e. The molecule has 0 fully saturated rings. The molecular formula is C10H28N6. The van der Waals surface area contributed by atoms with Gasteiger partial charge in [0.2, 0.25) is 0 Å². The van der Waals surface area contributed by atoms with Crippen molar-refractivity contribution < 1.29 is 0 Å². The molecule has 98 valence electrons. The first-order valence-electron chi connectivity index (χ1n) is 5.84. The zero-order valence-corrected chi connectivity index (χ0v) is 10.3. The van der Waals surface area contributed by atoms with E-state index in [1.807, 2.05) is 6.92 Å². The van der Waals surface area contributed by atoms with E-state index in [4.69, 9.17) is 28.7 Å². The SMILES string of the molecule is CC(CN)(CN)C(N)C(N)CCNCCN. The minimum absolute atomic E-state index is 0.0950. The summed E-state index contributed by atoms with van der Waals surface area (Å²) in [6.45, 7) is 5.13. The molecule has 0 rings (SSSR count). The Balaban J connectivity index is 4.01. The Kier molecular flexibility index (Phi) is 7.82. The lowest BCUT2D eigenvalue weighted by atomic mass is 9.78. The molecule has 0 aliphatic rings. The van der Waals surface area contributed by atoms with Crippen LogP contribution in [0.15, 0.2) is 0 Å². The smallest absolute Gasteiger partial charge is 0.0271 e. The molecule has 0 spiro atoms. The van der Waals surface area contributed by atoms with E-state index in [9.17, 15) is 0 Å². The first kappa shape index (κ1) is 15.8. The Bertz CT molecular complexity index is 171. The van der Waals surface area contributed by atoms with Crippen LogP contribution in [0.3, 0.4) is 0 Å². The van der Waals surface area contributed by atoms with Crippen LogP contribution in [0, 0.1) is 5.41 Å². The molecule has 0 saturated carbocycles. The highest BCUT2D eigenvalue weighted by molar-refractivity contribution is 4.93. The normalized spacial score (nSPS) is 16.1. The van der Waals surface area contributed by atoms with E-state index in [0.717, 1.165) is 19.5 Å². The van der Waals surface area contributed by atoms with E-state index in [1.165, 1.54) is 0 Å². The number of nitrogens with two attached hydrogens (primary N) is 5. The van der Waals surface area contributed by atoms with Crippen molar-refractivity contribution in [3.05, 3.63) is 0 Å². The summed E-state index contributed by atoms with van der Waals surface area (Å²) in [4.78, 5) is 0. The van der Waals surface area contributed by atoms with E-state index < -0.39 is 0 Å². The Labute approximate surface area is 98.3 Å². The van der Waals surface area contributed by atoms with Crippen molar-refractivity contribution in [2.45, 2.75) is 25.4 Å². The van der Waals surface area contributed by atoms with Gasteiger partial charge >= 0.3 is 0 Å². The van der Waals surface area contributed by atoms with Gasteiger partial charge < -0.3 is 34.0 Å².